The standard InChI is InChI=1S/C20H23FN2O2/c1-14-17(21)8-4-9-18(14)22-20(25)23(12-5-13-24)19-11-10-15-6-2-3-7-16(15)19/h2-4,6-9,19,24H,5,10-13H2,1H3,(H,22,25). The number of carbonyl (C=O) groups excluding carboxylic acids is 1. The van der Waals surface area contributed by atoms with Gasteiger partial charge in [-0.2, -0.15) is 0 Å². The zero-order valence-electron chi connectivity index (χ0n) is 14.3. The number of benzene rings is 2. The van der Waals surface area contributed by atoms with Crippen LogP contribution in [0.2, 0.25) is 0 Å². The fraction of sp³-hybridized carbons (Fsp3) is 0.350. The Morgan fingerprint density at radius 2 is 2.08 bits per heavy atom. The Labute approximate surface area is 147 Å². The Kier molecular flexibility index (Phi) is 5.34. The number of hydrogen-bond acceptors (Lipinski definition) is 2. The first-order valence-corrected chi connectivity index (χ1v) is 8.63. The minimum absolute atomic E-state index is 0.0170. The molecule has 25 heavy (non-hydrogen) atoms. The largest absolute Gasteiger partial charge is 0.396 e. The van der Waals surface area contributed by atoms with Gasteiger partial charge in [0.2, 0.25) is 0 Å². The fourth-order valence-corrected chi connectivity index (χ4v) is 3.43. The molecule has 2 aromatic carbocycles. The molecule has 0 saturated heterocycles. The summed E-state index contributed by atoms with van der Waals surface area (Å²) in [6, 6.07) is 12.5. The predicted octanol–water partition coefficient (Wildman–Crippen LogP) is 4.04. The monoisotopic (exact) mass is 342 g/mol. The molecule has 2 amide bonds. The molecule has 1 unspecified atom stereocenters. The lowest BCUT2D eigenvalue weighted by Crippen LogP contribution is -2.38. The zero-order chi connectivity index (χ0) is 17.8. The number of halogens is 1. The summed E-state index contributed by atoms with van der Waals surface area (Å²) in [6.45, 7) is 2.13. The van der Waals surface area contributed by atoms with E-state index in [1.807, 2.05) is 12.1 Å². The Balaban J connectivity index is 1.83. The van der Waals surface area contributed by atoms with E-state index in [1.165, 1.54) is 11.6 Å². The Hall–Kier alpha value is -2.40. The molecule has 0 saturated carbocycles. The molecule has 132 valence electrons. The third-order valence-electron chi connectivity index (χ3n) is 4.80. The van der Waals surface area contributed by atoms with E-state index in [2.05, 4.69) is 17.4 Å². The summed E-state index contributed by atoms with van der Waals surface area (Å²) in [5.41, 5.74) is 3.32. The van der Waals surface area contributed by atoms with Gasteiger partial charge in [0.05, 0.1) is 6.04 Å². The number of nitrogens with zero attached hydrogens (tertiary/aromatic N) is 1. The van der Waals surface area contributed by atoms with Crippen molar-refractivity contribution in [2.24, 2.45) is 0 Å². The summed E-state index contributed by atoms with van der Waals surface area (Å²) < 4.78 is 13.7. The highest BCUT2D eigenvalue weighted by molar-refractivity contribution is 5.90. The first-order chi connectivity index (χ1) is 12.1. The van der Waals surface area contributed by atoms with Gasteiger partial charge < -0.3 is 15.3 Å². The molecule has 5 heteroatoms. The van der Waals surface area contributed by atoms with Crippen LogP contribution in [0.15, 0.2) is 42.5 Å². The van der Waals surface area contributed by atoms with Crippen molar-refractivity contribution in [2.75, 3.05) is 18.5 Å². The van der Waals surface area contributed by atoms with Crippen LogP contribution in [0.5, 0.6) is 0 Å². The van der Waals surface area contributed by atoms with Gasteiger partial charge in [-0.3, -0.25) is 0 Å². The molecule has 0 spiro atoms. The molecule has 0 bridgehead atoms. The van der Waals surface area contributed by atoms with E-state index in [0.717, 1.165) is 18.4 Å². The second-order valence-corrected chi connectivity index (χ2v) is 6.37. The molecule has 0 aromatic heterocycles. The second-order valence-electron chi connectivity index (χ2n) is 6.37. The lowest BCUT2D eigenvalue weighted by molar-refractivity contribution is 0.177. The maximum Gasteiger partial charge on any atom is 0.322 e. The average Bonchev–Trinajstić information content (AvgIpc) is 3.03. The van der Waals surface area contributed by atoms with E-state index in [9.17, 15) is 14.3 Å². The number of urea groups is 1. The van der Waals surface area contributed by atoms with Crippen LogP contribution in [0.4, 0.5) is 14.9 Å². The van der Waals surface area contributed by atoms with Crippen molar-refractivity contribution in [3.05, 3.63) is 65.0 Å². The number of aliphatic hydroxyl groups is 1. The molecular weight excluding hydrogens is 319 g/mol. The third kappa shape index (κ3) is 3.66. The van der Waals surface area contributed by atoms with Gasteiger partial charge in [-0.15, -0.1) is 0 Å². The van der Waals surface area contributed by atoms with E-state index in [0.29, 0.717) is 24.2 Å². The third-order valence-corrected chi connectivity index (χ3v) is 4.80. The highest BCUT2D eigenvalue weighted by atomic mass is 19.1. The number of rotatable bonds is 5. The van der Waals surface area contributed by atoms with Crippen LogP contribution >= 0.6 is 0 Å². The van der Waals surface area contributed by atoms with Crippen molar-refractivity contribution in [3.63, 3.8) is 0 Å². The molecule has 0 fully saturated rings. The molecule has 0 radical (unpaired) electrons. The van der Waals surface area contributed by atoms with Gasteiger partial charge in [0.25, 0.3) is 0 Å². The summed E-state index contributed by atoms with van der Waals surface area (Å²) in [7, 11) is 0. The summed E-state index contributed by atoms with van der Waals surface area (Å²) in [5.74, 6) is -0.342. The molecule has 4 nitrogen and oxygen atoms in total. The van der Waals surface area contributed by atoms with Crippen molar-refractivity contribution >= 4 is 11.7 Å². The van der Waals surface area contributed by atoms with E-state index >= 15 is 0 Å². The lowest BCUT2D eigenvalue weighted by Gasteiger charge is -2.30. The number of fused-ring (bicyclic) bond motifs is 1. The number of nitrogens with one attached hydrogen (secondary N) is 1. The second kappa shape index (κ2) is 7.66. The predicted molar refractivity (Wildman–Crippen MR) is 96.1 cm³/mol. The van der Waals surface area contributed by atoms with Crippen LogP contribution in [0.3, 0.4) is 0 Å². The van der Waals surface area contributed by atoms with Crippen molar-refractivity contribution in [2.45, 2.75) is 32.2 Å². The molecule has 2 N–H and O–H groups in total. The molecule has 0 heterocycles. The van der Waals surface area contributed by atoms with E-state index in [1.54, 1.807) is 24.0 Å². The number of amides is 2. The van der Waals surface area contributed by atoms with Gasteiger partial charge in [0.1, 0.15) is 5.82 Å². The number of hydrogen-bond donors (Lipinski definition) is 2. The van der Waals surface area contributed by atoms with Crippen molar-refractivity contribution in [1.82, 2.24) is 4.90 Å². The lowest BCUT2D eigenvalue weighted by atomic mass is 10.1. The zero-order valence-corrected chi connectivity index (χ0v) is 14.3. The fourth-order valence-electron chi connectivity index (χ4n) is 3.43. The number of carbonyl (C=O) groups is 1. The Morgan fingerprint density at radius 3 is 2.88 bits per heavy atom. The highest BCUT2D eigenvalue weighted by Crippen LogP contribution is 2.36. The molecule has 1 aliphatic rings. The summed E-state index contributed by atoms with van der Waals surface area (Å²) in [4.78, 5) is 14.6. The van der Waals surface area contributed by atoms with Crippen LogP contribution in [0, 0.1) is 12.7 Å². The van der Waals surface area contributed by atoms with Crippen LogP contribution in [-0.2, 0) is 6.42 Å². The van der Waals surface area contributed by atoms with Gasteiger partial charge in [-0.25, -0.2) is 9.18 Å². The number of aliphatic hydroxyl groups excluding tert-OH is 1. The van der Waals surface area contributed by atoms with Crippen molar-refractivity contribution in [1.29, 1.82) is 0 Å². The van der Waals surface area contributed by atoms with Crippen molar-refractivity contribution in [3.8, 4) is 0 Å². The molecular formula is C20H23FN2O2. The quantitative estimate of drug-likeness (QED) is 0.862. The average molecular weight is 342 g/mol. The first kappa shape index (κ1) is 17.4. The molecule has 2 aromatic rings. The van der Waals surface area contributed by atoms with E-state index < -0.39 is 0 Å². The van der Waals surface area contributed by atoms with Gasteiger partial charge >= 0.3 is 6.03 Å². The van der Waals surface area contributed by atoms with Crippen LogP contribution < -0.4 is 5.32 Å². The maximum atomic E-state index is 13.7. The van der Waals surface area contributed by atoms with E-state index in [-0.39, 0.29) is 24.5 Å². The number of aryl methyl sites for hydroxylation is 1. The van der Waals surface area contributed by atoms with Crippen LogP contribution in [0.25, 0.3) is 0 Å². The minimum atomic E-state index is -0.342. The summed E-state index contributed by atoms with van der Waals surface area (Å²) in [5, 5.41) is 12.0. The minimum Gasteiger partial charge on any atom is -0.396 e. The number of anilines is 1. The SMILES string of the molecule is Cc1c(F)cccc1NC(=O)N(CCCO)C1CCc2ccccc21. The smallest absolute Gasteiger partial charge is 0.322 e. The normalized spacial score (nSPS) is 15.7. The Bertz CT molecular complexity index is 763. The molecule has 1 atom stereocenters. The summed E-state index contributed by atoms with van der Waals surface area (Å²) >= 11 is 0. The molecule has 3 rings (SSSR count). The van der Waals surface area contributed by atoms with Crippen molar-refractivity contribution < 1.29 is 14.3 Å². The maximum absolute atomic E-state index is 13.7. The molecule has 0 aliphatic heterocycles. The van der Waals surface area contributed by atoms with Gasteiger partial charge in [0, 0.05) is 24.4 Å². The van der Waals surface area contributed by atoms with Gasteiger partial charge in [-0.05, 0) is 49.4 Å². The van der Waals surface area contributed by atoms with Gasteiger partial charge in [0.15, 0.2) is 0 Å². The van der Waals surface area contributed by atoms with Crippen LogP contribution in [0.1, 0.15) is 35.6 Å². The highest BCUT2D eigenvalue weighted by Gasteiger charge is 2.30. The topological polar surface area (TPSA) is 52.6 Å². The van der Waals surface area contributed by atoms with Crippen LogP contribution in [-0.4, -0.2) is 29.2 Å². The summed E-state index contributed by atoms with van der Waals surface area (Å²) in [6.07, 6.45) is 2.30. The Morgan fingerprint density at radius 1 is 1.28 bits per heavy atom. The molecule has 1 aliphatic carbocycles. The first-order valence-electron chi connectivity index (χ1n) is 8.63. The van der Waals surface area contributed by atoms with Gasteiger partial charge in [-0.1, -0.05) is 30.3 Å². The van der Waals surface area contributed by atoms with E-state index in [4.69, 9.17) is 0 Å².